The van der Waals surface area contributed by atoms with Crippen molar-refractivity contribution < 1.29 is 19.1 Å². The first-order chi connectivity index (χ1) is 14.1. The van der Waals surface area contributed by atoms with Crippen molar-refractivity contribution in [2.75, 3.05) is 26.9 Å². The summed E-state index contributed by atoms with van der Waals surface area (Å²) >= 11 is 0. The number of benzene rings is 2. The summed E-state index contributed by atoms with van der Waals surface area (Å²) in [6.07, 6.45) is 0. The molecule has 6 heteroatoms. The first-order valence-electron chi connectivity index (χ1n) is 10.0. The van der Waals surface area contributed by atoms with E-state index in [0.717, 1.165) is 11.1 Å². The topological polar surface area (TPSA) is 76.7 Å². The maximum atomic E-state index is 13.0. The molecule has 5 rings (SSSR count). The van der Waals surface area contributed by atoms with Crippen molar-refractivity contribution >= 4 is 11.8 Å². The van der Waals surface area contributed by atoms with Crippen LogP contribution in [0.15, 0.2) is 36.4 Å². The van der Waals surface area contributed by atoms with Crippen molar-refractivity contribution in [3.8, 4) is 5.75 Å². The van der Waals surface area contributed by atoms with Gasteiger partial charge in [-0.25, -0.2) is 0 Å². The van der Waals surface area contributed by atoms with Crippen LogP contribution in [0.3, 0.4) is 0 Å². The molecule has 2 aliphatic heterocycles. The average molecular weight is 392 g/mol. The Labute approximate surface area is 169 Å². The molecule has 1 saturated heterocycles. The third-order valence-corrected chi connectivity index (χ3v) is 6.35. The monoisotopic (exact) mass is 392 g/mol. The number of rotatable bonds is 4. The number of hydrogen-bond acceptors (Lipinski definition) is 4. The maximum Gasteiger partial charge on any atom is 0.254 e. The Morgan fingerprint density at radius 3 is 2.41 bits per heavy atom. The molecule has 2 unspecified atom stereocenters. The van der Waals surface area contributed by atoms with Gasteiger partial charge in [-0.3, -0.25) is 9.59 Å². The summed E-state index contributed by atoms with van der Waals surface area (Å²) in [6.45, 7) is 3.93. The smallest absolute Gasteiger partial charge is 0.254 e. The molecule has 2 aromatic rings. The third kappa shape index (κ3) is 3.08. The Morgan fingerprint density at radius 1 is 1.00 bits per heavy atom. The Balaban J connectivity index is 1.49. The van der Waals surface area contributed by atoms with E-state index in [1.807, 2.05) is 13.0 Å². The van der Waals surface area contributed by atoms with Gasteiger partial charge in [-0.05, 0) is 24.6 Å². The predicted octanol–water partition coefficient (Wildman–Crippen LogP) is 2.25. The standard InChI is InChI=1S/C23H24N2O4/c1-12-3-5-13(6-4-12)17-11-29-21-15(17)7-14(8-16(21)23(27)24-2)22(26)25-20-18-9-28-10-19(18)20/h3-8,17-20H,9-11H2,1-2H3,(H,24,27)(H,25,26)/t17?,18-,19+,20?. The minimum Gasteiger partial charge on any atom is -0.491 e. The normalized spacial score (nSPS) is 26.3. The van der Waals surface area contributed by atoms with Crippen molar-refractivity contribution in [3.05, 3.63) is 64.2 Å². The lowest BCUT2D eigenvalue weighted by atomic mass is 9.90. The van der Waals surface area contributed by atoms with Gasteiger partial charge in [-0.15, -0.1) is 0 Å². The van der Waals surface area contributed by atoms with E-state index in [9.17, 15) is 9.59 Å². The van der Waals surface area contributed by atoms with E-state index in [1.165, 1.54) is 5.56 Å². The molecule has 1 aliphatic carbocycles. The van der Waals surface area contributed by atoms with E-state index in [1.54, 1.807) is 13.1 Å². The molecule has 0 spiro atoms. The zero-order valence-corrected chi connectivity index (χ0v) is 16.5. The van der Waals surface area contributed by atoms with Gasteiger partial charge in [0.25, 0.3) is 11.8 Å². The molecule has 6 nitrogen and oxygen atoms in total. The summed E-state index contributed by atoms with van der Waals surface area (Å²) < 4.78 is 11.3. The Bertz CT molecular complexity index is 975. The number of hydrogen-bond donors (Lipinski definition) is 2. The average Bonchev–Trinajstić information content (AvgIpc) is 3.09. The van der Waals surface area contributed by atoms with Crippen molar-refractivity contribution in [1.29, 1.82) is 0 Å². The lowest BCUT2D eigenvalue weighted by Gasteiger charge is -2.14. The summed E-state index contributed by atoms with van der Waals surface area (Å²) in [4.78, 5) is 25.4. The Hall–Kier alpha value is -2.86. The summed E-state index contributed by atoms with van der Waals surface area (Å²) in [6, 6.07) is 12.0. The molecule has 0 radical (unpaired) electrons. The second-order valence-electron chi connectivity index (χ2n) is 8.16. The molecule has 2 N–H and O–H groups in total. The second-order valence-corrected chi connectivity index (χ2v) is 8.16. The van der Waals surface area contributed by atoms with Gasteiger partial charge in [0.15, 0.2) is 0 Å². The molecule has 150 valence electrons. The fourth-order valence-corrected chi connectivity index (χ4v) is 4.53. The highest BCUT2D eigenvalue weighted by Crippen LogP contribution is 2.45. The number of nitrogens with one attached hydrogen (secondary N) is 2. The molecule has 2 aromatic carbocycles. The molecule has 2 heterocycles. The lowest BCUT2D eigenvalue weighted by molar-refractivity contribution is 0.0929. The summed E-state index contributed by atoms with van der Waals surface area (Å²) in [5.74, 6) is 1.02. The van der Waals surface area contributed by atoms with Crippen molar-refractivity contribution in [1.82, 2.24) is 10.6 Å². The zero-order valence-electron chi connectivity index (χ0n) is 16.5. The quantitative estimate of drug-likeness (QED) is 0.837. The number of carbonyl (C=O) groups excluding carboxylic acids is 2. The van der Waals surface area contributed by atoms with Crippen LogP contribution >= 0.6 is 0 Å². The largest absolute Gasteiger partial charge is 0.491 e. The van der Waals surface area contributed by atoms with E-state index < -0.39 is 0 Å². The van der Waals surface area contributed by atoms with Gasteiger partial charge < -0.3 is 20.1 Å². The van der Waals surface area contributed by atoms with Gasteiger partial charge in [0, 0.05) is 42.0 Å². The fourth-order valence-electron chi connectivity index (χ4n) is 4.53. The molecular weight excluding hydrogens is 368 g/mol. The second kappa shape index (κ2) is 6.88. The Morgan fingerprint density at radius 2 is 1.72 bits per heavy atom. The first-order valence-corrected chi connectivity index (χ1v) is 10.0. The minimum absolute atomic E-state index is 0.00420. The van der Waals surface area contributed by atoms with Crippen LogP contribution in [0.1, 0.15) is 43.3 Å². The van der Waals surface area contributed by atoms with Crippen LogP contribution in [0.5, 0.6) is 5.75 Å². The number of ether oxygens (including phenoxy) is 2. The van der Waals surface area contributed by atoms with Gasteiger partial charge >= 0.3 is 0 Å². The van der Waals surface area contributed by atoms with E-state index in [4.69, 9.17) is 9.47 Å². The Kier molecular flexibility index (Phi) is 4.32. The first kappa shape index (κ1) is 18.2. The molecule has 2 amide bonds. The number of fused-ring (bicyclic) bond motifs is 2. The van der Waals surface area contributed by atoms with Crippen LogP contribution in [-0.4, -0.2) is 44.7 Å². The third-order valence-electron chi connectivity index (χ3n) is 6.35. The molecule has 0 bridgehead atoms. The lowest BCUT2D eigenvalue weighted by Crippen LogP contribution is -2.30. The van der Waals surface area contributed by atoms with Crippen LogP contribution in [-0.2, 0) is 4.74 Å². The number of amides is 2. The maximum absolute atomic E-state index is 13.0. The van der Waals surface area contributed by atoms with Crippen molar-refractivity contribution in [3.63, 3.8) is 0 Å². The van der Waals surface area contributed by atoms with Crippen molar-refractivity contribution in [2.45, 2.75) is 18.9 Å². The highest BCUT2D eigenvalue weighted by atomic mass is 16.5. The predicted molar refractivity (Wildman–Crippen MR) is 107 cm³/mol. The van der Waals surface area contributed by atoms with Gasteiger partial charge in [0.1, 0.15) is 5.75 Å². The number of carbonyl (C=O) groups is 2. The summed E-state index contributed by atoms with van der Waals surface area (Å²) in [7, 11) is 1.58. The van der Waals surface area contributed by atoms with E-state index in [0.29, 0.717) is 48.5 Å². The van der Waals surface area contributed by atoms with Gasteiger partial charge in [0.05, 0.1) is 25.4 Å². The fraction of sp³-hybridized carbons (Fsp3) is 0.391. The molecule has 2 fully saturated rings. The van der Waals surface area contributed by atoms with Crippen LogP contribution in [0.25, 0.3) is 0 Å². The molecule has 0 aromatic heterocycles. The van der Waals surface area contributed by atoms with Crippen LogP contribution in [0.4, 0.5) is 0 Å². The van der Waals surface area contributed by atoms with E-state index in [-0.39, 0.29) is 23.8 Å². The van der Waals surface area contributed by atoms with Crippen LogP contribution < -0.4 is 15.4 Å². The van der Waals surface area contributed by atoms with Gasteiger partial charge in [0.2, 0.25) is 0 Å². The zero-order chi connectivity index (χ0) is 20.1. The van der Waals surface area contributed by atoms with Crippen LogP contribution in [0, 0.1) is 18.8 Å². The van der Waals surface area contributed by atoms with Crippen molar-refractivity contribution in [2.24, 2.45) is 11.8 Å². The van der Waals surface area contributed by atoms with Crippen LogP contribution in [0.2, 0.25) is 0 Å². The molecule has 4 atom stereocenters. The highest BCUT2D eigenvalue weighted by molar-refractivity contribution is 6.02. The SMILES string of the molecule is CNC(=O)c1cc(C(=O)NC2[C@H]3COC[C@@H]23)cc2c1OCC2c1ccc(C)cc1. The van der Waals surface area contributed by atoms with E-state index in [2.05, 4.69) is 34.9 Å². The van der Waals surface area contributed by atoms with E-state index >= 15 is 0 Å². The summed E-state index contributed by atoms with van der Waals surface area (Å²) in [5.41, 5.74) is 4.09. The van der Waals surface area contributed by atoms with Gasteiger partial charge in [-0.1, -0.05) is 29.8 Å². The van der Waals surface area contributed by atoms with Gasteiger partial charge in [-0.2, -0.15) is 0 Å². The molecular formula is C23H24N2O4. The molecule has 29 heavy (non-hydrogen) atoms. The highest BCUT2D eigenvalue weighted by Gasteiger charge is 2.54. The number of aryl methyl sites for hydroxylation is 1. The minimum atomic E-state index is -0.253. The molecule has 3 aliphatic rings. The summed E-state index contributed by atoms with van der Waals surface area (Å²) in [5, 5.41) is 5.78. The molecule has 1 saturated carbocycles.